The van der Waals surface area contributed by atoms with E-state index in [4.69, 9.17) is 23.4 Å². The lowest BCUT2D eigenvalue weighted by atomic mass is 9.95. The van der Waals surface area contributed by atoms with Crippen molar-refractivity contribution in [3.8, 4) is 17.2 Å². The van der Waals surface area contributed by atoms with Gasteiger partial charge >= 0.3 is 6.09 Å². The maximum atomic E-state index is 14.6. The van der Waals surface area contributed by atoms with E-state index in [-0.39, 0.29) is 41.5 Å². The average Bonchev–Trinajstić information content (AvgIpc) is 3.08. The highest BCUT2D eigenvalue weighted by atomic mass is 28.4. The van der Waals surface area contributed by atoms with Gasteiger partial charge in [-0.15, -0.1) is 0 Å². The Bertz CT molecular complexity index is 1600. The number of nitrogens with one attached hydrogen (secondary N) is 1. The van der Waals surface area contributed by atoms with Gasteiger partial charge in [0.25, 0.3) is 5.91 Å². The number of hydrogen-bond acceptors (Lipinski definition) is 7. The van der Waals surface area contributed by atoms with Crippen LogP contribution in [-0.4, -0.2) is 65.2 Å². The molecule has 1 N–H and O–H groups in total. The average molecular weight is 673 g/mol. The lowest BCUT2D eigenvalue weighted by molar-refractivity contribution is 0.0654. The maximum Gasteiger partial charge on any atom is 0.411 e. The quantitative estimate of drug-likeness (QED) is 0.144. The largest absolute Gasteiger partial charge is 0.497 e. The van der Waals surface area contributed by atoms with Gasteiger partial charge < -0.3 is 28.3 Å². The molecule has 0 fully saturated rings. The van der Waals surface area contributed by atoms with Crippen molar-refractivity contribution in [2.75, 3.05) is 39.3 Å². The minimum atomic E-state index is -2.15. The zero-order valence-electron chi connectivity index (χ0n) is 29.1. The summed E-state index contributed by atoms with van der Waals surface area (Å²) < 4.78 is 29.1. The molecule has 1 aliphatic heterocycles. The summed E-state index contributed by atoms with van der Waals surface area (Å²) >= 11 is 0. The van der Waals surface area contributed by atoms with Crippen LogP contribution in [0.25, 0.3) is 5.57 Å². The first-order valence-corrected chi connectivity index (χ1v) is 19.0. The molecule has 3 aromatic carbocycles. The molecule has 256 valence electrons. The van der Waals surface area contributed by atoms with Crippen LogP contribution in [0.3, 0.4) is 0 Å². The highest BCUT2D eigenvalue weighted by molar-refractivity contribution is 6.74. The summed E-state index contributed by atoms with van der Waals surface area (Å²) in [5.41, 5.74) is 3.63. The molecule has 1 aliphatic rings. The molecule has 0 saturated heterocycles. The second-order valence-corrected chi connectivity index (χ2v) is 18.0. The summed E-state index contributed by atoms with van der Waals surface area (Å²) in [6.45, 7) is 15.6. The van der Waals surface area contributed by atoms with Crippen LogP contribution < -0.4 is 19.5 Å². The normalized spacial score (nSPS) is 14.9. The molecular weight excluding hydrogens is 625 g/mol. The molecule has 0 spiro atoms. The smallest absolute Gasteiger partial charge is 0.411 e. The fourth-order valence-electron chi connectivity index (χ4n) is 5.04. The van der Waals surface area contributed by atoms with Crippen LogP contribution in [0.2, 0.25) is 18.1 Å². The topological polar surface area (TPSA) is 95.6 Å². The van der Waals surface area contributed by atoms with E-state index in [1.807, 2.05) is 54.6 Å². The van der Waals surface area contributed by atoms with Crippen molar-refractivity contribution in [2.24, 2.45) is 0 Å². The van der Waals surface area contributed by atoms with Crippen molar-refractivity contribution >= 4 is 31.6 Å². The van der Waals surface area contributed by atoms with E-state index in [0.29, 0.717) is 31.1 Å². The number of hydrogen-bond donors (Lipinski definition) is 1. The Morgan fingerprint density at radius 2 is 1.71 bits per heavy atom. The van der Waals surface area contributed by atoms with Crippen molar-refractivity contribution in [3.05, 3.63) is 102 Å². The van der Waals surface area contributed by atoms with Crippen LogP contribution in [0.5, 0.6) is 17.2 Å². The van der Waals surface area contributed by atoms with Crippen LogP contribution in [0.15, 0.2) is 85.5 Å². The standard InChI is InChI=1S/C38H48N2O7Si/c1-9-21-45-37(42)39-33-24-35(46-25-27-13-11-10-12-14-27)34(44-6)23-32(33)36(41)40-20-19-29(28-15-17-31(43-5)18-16-28)22-30(40)26-47-48(7,8)38(2,3)4/h9-18,22-24,30H,1,19-21,25-26H2,2-8H3,(H,39,42)/t30-/m0/s1. The fourth-order valence-corrected chi connectivity index (χ4v) is 6.06. The predicted octanol–water partition coefficient (Wildman–Crippen LogP) is 8.34. The third-order valence-corrected chi connectivity index (χ3v) is 13.4. The molecule has 10 heteroatoms. The van der Waals surface area contributed by atoms with Gasteiger partial charge in [-0.2, -0.15) is 0 Å². The van der Waals surface area contributed by atoms with Gasteiger partial charge in [-0.1, -0.05) is 82.0 Å². The van der Waals surface area contributed by atoms with Gasteiger partial charge in [0.2, 0.25) is 0 Å². The molecule has 0 radical (unpaired) electrons. The first kappa shape index (κ1) is 36.3. The maximum absolute atomic E-state index is 14.6. The second-order valence-electron chi connectivity index (χ2n) is 13.1. The number of amides is 2. The summed E-state index contributed by atoms with van der Waals surface area (Å²) in [6, 6.07) is 20.5. The Hall–Kier alpha value is -4.54. The molecule has 1 heterocycles. The molecule has 2 amide bonds. The Morgan fingerprint density at radius 1 is 1.00 bits per heavy atom. The highest BCUT2D eigenvalue weighted by Gasteiger charge is 2.39. The van der Waals surface area contributed by atoms with E-state index in [0.717, 1.165) is 22.4 Å². The molecule has 4 rings (SSSR count). The van der Waals surface area contributed by atoms with Gasteiger partial charge in [0.15, 0.2) is 19.8 Å². The predicted molar refractivity (Wildman–Crippen MR) is 192 cm³/mol. The molecule has 0 aliphatic carbocycles. The number of benzene rings is 3. The van der Waals surface area contributed by atoms with E-state index in [2.05, 4.69) is 51.8 Å². The summed E-state index contributed by atoms with van der Waals surface area (Å²) in [6.07, 6.45) is 3.51. The van der Waals surface area contributed by atoms with E-state index in [1.165, 1.54) is 13.2 Å². The molecule has 0 aromatic heterocycles. The Labute approximate surface area is 285 Å². The van der Waals surface area contributed by atoms with Gasteiger partial charge in [-0.3, -0.25) is 10.1 Å². The van der Waals surface area contributed by atoms with Gasteiger partial charge in [0.1, 0.15) is 19.0 Å². The summed E-state index contributed by atoms with van der Waals surface area (Å²) in [5.74, 6) is 1.23. The lowest BCUT2D eigenvalue weighted by Crippen LogP contribution is -2.49. The van der Waals surface area contributed by atoms with E-state index >= 15 is 0 Å². The third-order valence-electron chi connectivity index (χ3n) is 8.90. The SMILES string of the molecule is C=CCOC(=O)Nc1cc(OCc2ccccc2)c(OC)cc1C(=O)N1CCC(c2ccc(OC)cc2)=C[C@H]1CO[Si](C)(C)C(C)(C)C. The number of methoxy groups -OCH3 is 2. The zero-order valence-corrected chi connectivity index (χ0v) is 30.1. The van der Waals surface area contributed by atoms with Crippen molar-refractivity contribution < 1.29 is 33.0 Å². The number of nitrogens with zero attached hydrogens (tertiary/aromatic N) is 1. The number of rotatable bonds is 13. The molecular formula is C38H48N2O7Si. The summed E-state index contributed by atoms with van der Waals surface area (Å²) in [4.78, 5) is 29.1. The van der Waals surface area contributed by atoms with Crippen molar-refractivity contribution in [2.45, 2.75) is 58.0 Å². The number of carbonyl (C=O) groups excluding carboxylic acids is 2. The minimum absolute atomic E-state index is 0.00906. The minimum Gasteiger partial charge on any atom is -0.497 e. The number of ether oxygens (including phenoxy) is 4. The van der Waals surface area contributed by atoms with Crippen molar-refractivity contribution in [3.63, 3.8) is 0 Å². The van der Waals surface area contributed by atoms with Crippen LogP contribution in [0, 0.1) is 0 Å². The number of anilines is 1. The van der Waals surface area contributed by atoms with Crippen LogP contribution >= 0.6 is 0 Å². The second kappa shape index (κ2) is 16.0. The zero-order chi connectivity index (χ0) is 34.9. The molecule has 1 atom stereocenters. The Balaban J connectivity index is 1.72. The highest BCUT2D eigenvalue weighted by Crippen LogP contribution is 2.39. The van der Waals surface area contributed by atoms with E-state index in [1.54, 1.807) is 24.1 Å². The van der Waals surface area contributed by atoms with Crippen molar-refractivity contribution in [1.29, 1.82) is 0 Å². The monoisotopic (exact) mass is 672 g/mol. The first-order chi connectivity index (χ1) is 22.9. The molecule has 48 heavy (non-hydrogen) atoms. The molecule has 9 nitrogen and oxygen atoms in total. The number of carbonyl (C=O) groups is 2. The summed E-state index contributed by atoms with van der Waals surface area (Å²) in [7, 11) is 1.01. The van der Waals surface area contributed by atoms with Gasteiger partial charge in [0.05, 0.1) is 38.1 Å². The Kier molecular flexibility index (Phi) is 12.1. The fraction of sp³-hybridized carbons (Fsp3) is 0.368. The molecule has 0 unspecified atom stereocenters. The van der Waals surface area contributed by atoms with Gasteiger partial charge in [-0.05, 0) is 59.5 Å². The van der Waals surface area contributed by atoms with Crippen LogP contribution in [0.4, 0.5) is 10.5 Å². The van der Waals surface area contributed by atoms with E-state index in [9.17, 15) is 9.59 Å². The van der Waals surface area contributed by atoms with Crippen LogP contribution in [-0.2, 0) is 15.8 Å². The molecule has 0 bridgehead atoms. The van der Waals surface area contributed by atoms with Gasteiger partial charge in [-0.25, -0.2) is 4.79 Å². The van der Waals surface area contributed by atoms with Crippen LogP contribution in [0.1, 0.15) is 48.7 Å². The Morgan fingerprint density at radius 3 is 2.33 bits per heavy atom. The van der Waals surface area contributed by atoms with Crippen molar-refractivity contribution in [1.82, 2.24) is 4.90 Å². The third kappa shape index (κ3) is 9.08. The lowest BCUT2D eigenvalue weighted by Gasteiger charge is -2.40. The van der Waals surface area contributed by atoms with E-state index < -0.39 is 14.4 Å². The summed E-state index contributed by atoms with van der Waals surface area (Å²) in [5, 5.41) is 2.74. The molecule has 3 aromatic rings. The molecule has 0 saturated carbocycles. The first-order valence-electron chi connectivity index (χ1n) is 16.1. The van der Waals surface area contributed by atoms with Gasteiger partial charge in [0, 0.05) is 12.6 Å².